The summed E-state index contributed by atoms with van der Waals surface area (Å²) in [6, 6.07) is 17.9. The minimum Gasteiger partial charge on any atom is -0.484 e. The van der Waals surface area contributed by atoms with E-state index in [-0.39, 0.29) is 18.1 Å². The Morgan fingerprint density at radius 3 is 2.53 bits per heavy atom. The molecule has 4 aromatic rings. The van der Waals surface area contributed by atoms with Crippen LogP contribution in [0.3, 0.4) is 0 Å². The van der Waals surface area contributed by atoms with Crippen LogP contribution in [0.5, 0.6) is 5.75 Å². The molecule has 0 spiro atoms. The molecule has 2 aromatic heterocycles. The minimum absolute atomic E-state index is 0.0645. The molecule has 0 unspecified atom stereocenters. The zero-order valence-corrected chi connectivity index (χ0v) is 19.8. The summed E-state index contributed by atoms with van der Waals surface area (Å²) in [7, 11) is 0. The van der Waals surface area contributed by atoms with E-state index in [0.29, 0.717) is 23.9 Å². The van der Waals surface area contributed by atoms with E-state index >= 15 is 0 Å². The molecule has 174 valence electrons. The molecule has 0 atom stereocenters. The first kappa shape index (κ1) is 22.3. The highest BCUT2D eigenvalue weighted by Gasteiger charge is 2.25. The molecule has 1 aliphatic rings. The van der Waals surface area contributed by atoms with Gasteiger partial charge in [0.25, 0.3) is 0 Å². The molecule has 0 radical (unpaired) electrons. The SMILES string of the molecule is Cc1nc(CC2CCN(c3nc4ccccc4s3)CC2)nc(C(=O)O)c1OCc1ccccc1. The Bertz CT molecular complexity index is 1270. The smallest absolute Gasteiger partial charge is 0.358 e. The highest BCUT2D eigenvalue weighted by molar-refractivity contribution is 7.22. The number of hydrogen-bond donors (Lipinski definition) is 1. The number of piperidine rings is 1. The van der Waals surface area contributed by atoms with Gasteiger partial charge in [-0.3, -0.25) is 0 Å². The fraction of sp³-hybridized carbons (Fsp3) is 0.308. The van der Waals surface area contributed by atoms with Crippen molar-refractivity contribution in [3.63, 3.8) is 0 Å². The van der Waals surface area contributed by atoms with Crippen LogP contribution < -0.4 is 9.64 Å². The summed E-state index contributed by atoms with van der Waals surface area (Å²) in [4.78, 5) is 28.0. The van der Waals surface area contributed by atoms with Crippen LogP contribution >= 0.6 is 11.3 Å². The molecule has 1 fully saturated rings. The van der Waals surface area contributed by atoms with E-state index in [1.807, 2.05) is 42.5 Å². The van der Waals surface area contributed by atoms with E-state index in [1.54, 1.807) is 18.3 Å². The van der Waals surface area contributed by atoms with Gasteiger partial charge in [0.2, 0.25) is 0 Å². The summed E-state index contributed by atoms with van der Waals surface area (Å²) in [5, 5.41) is 10.8. The number of nitrogens with zero attached hydrogens (tertiary/aromatic N) is 4. The maximum absolute atomic E-state index is 11.9. The third-order valence-corrected chi connectivity index (χ3v) is 7.25. The number of hydrogen-bond acceptors (Lipinski definition) is 7. The van der Waals surface area contributed by atoms with Gasteiger partial charge in [-0.2, -0.15) is 0 Å². The van der Waals surface area contributed by atoms with Crippen molar-refractivity contribution in [2.45, 2.75) is 32.8 Å². The van der Waals surface area contributed by atoms with Gasteiger partial charge >= 0.3 is 5.97 Å². The highest BCUT2D eigenvalue weighted by atomic mass is 32.1. The topological polar surface area (TPSA) is 88.4 Å². The number of anilines is 1. The first-order valence-corrected chi connectivity index (χ1v) is 12.3. The first-order valence-electron chi connectivity index (χ1n) is 11.4. The van der Waals surface area contributed by atoms with Crippen LogP contribution in [0, 0.1) is 12.8 Å². The number of rotatable bonds is 7. The Kier molecular flexibility index (Phi) is 6.40. The number of para-hydroxylation sites is 1. The van der Waals surface area contributed by atoms with Crippen molar-refractivity contribution in [1.82, 2.24) is 15.0 Å². The largest absolute Gasteiger partial charge is 0.484 e. The molecule has 8 heteroatoms. The molecule has 34 heavy (non-hydrogen) atoms. The molecule has 0 aliphatic carbocycles. The third-order valence-electron chi connectivity index (χ3n) is 6.15. The van der Waals surface area contributed by atoms with Crippen molar-refractivity contribution < 1.29 is 14.6 Å². The quantitative estimate of drug-likeness (QED) is 0.397. The summed E-state index contributed by atoms with van der Waals surface area (Å²) in [6.07, 6.45) is 2.65. The number of benzene rings is 2. The Labute approximate surface area is 202 Å². The van der Waals surface area contributed by atoms with Crippen LogP contribution in [-0.2, 0) is 13.0 Å². The second-order valence-electron chi connectivity index (χ2n) is 8.58. The summed E-state index contributed by atoms with van der Waals surface area (Å²) in [5.74, 6) is 0.120. The predicted octanol–water partition coefficient (Wildman–Crippen LogP) is 5.13. The van der Waals surface area contributed by atoms with Gasteiger partial charge in [0.05, 0.1) is 15.9 Å². The number of carboxylic acids is 1. The van der Waals surface area contributed by atoms with Crippen LogP contribution in [0.2, 0.25) is 0 Å². The van der Waals surface area contributed by atoms with Crippen molar-refractivity contribution in [2.24, 2.45) is 5.92 Å². The fourth-order valence-electron chi connectivity index (χ4n) is 4.34. The fourth-order valence-corrected chi connectivity index (χ4v) is 5.36. The molecular formula is C26H26N4O3S. The van der Waals surface area contributed by atoms with Gasteiger partial charge in [-0.15, -0.1) is 0 Å². The second kappa shape index (κ2) is 9.77. The van der Waals surface area contributed by atoms with Gasteiger partial charge in [-0.05, 0) is 43.4 Å². The molecule has 0 amide bonds. The number of aryl methyl sites for hydroxylation is 1. The van der Waals surface area contributed by atoms with E-state index in [4.69, 9.17) is 9.72 Å². The Hall–Kier alpha value is -3.52. The summed E-state index contributed by atoms with van der Waals surface area (Å²) >= 11 is 1.73. The van der Waals surface area contributed by atoms with Gasteiger partial charge in [-0.1, -0.05) is 53.8 Å². The molecule has 5 rings (SSSR count). The number of fused-ring (bicyclic) bond motifs is 1. The molecule has 1 N–H and O–H groups in total. The summed E-state index contributed by atoms with van der Waals surface area (Å²) in [6.45, 7) is 3.91. The lowest BCUT2D eigenvalue weighted by atomic mass is 9.93. The normalized spacial score (nSPS) is 14.4. The van der Waals surface area contributed by atoms with Crippen molar-refractivity contribution in [3.8, 4) is 5.75 Å². The number of carbonyl (C=O) groups is 1. The molecular weight excluding hydrogens is 448 g/mol. The average molecular weight is 475 g/mol. The van der Waals surface area contributed by atoms with Gasteiger partial charge in [0, 0.05) is 19.5 Å². The summed E-state index contributed by atoms with van der Waals surface area (Å²) in [5.41, 5.74) is 2.50. The number of carboxylic acid groups (broad SMARTS) is 1. The first-order chi connectivity index (χ1) is 16.6. The van der Waals surface area contributed by atoms with Gasteiger partial charge < -0.3 is 14.7 Å². The van der Waals surface area contributed by atoms with Crippen molar-refractivity contribution >= 4 is 32.7 Å². The molecule has 7 nitrogen and oxygen atoms in total. The maximum Gasteiger partial charge on any atom is 0.358 e. The number of aromatic carboxylic acids is 1. The van der Waals surface area contributed by atoms with Crippen LogP contribution in [0.25, 0.3) is 10.2 Å². The molecule has 2 aromatic carbocycles. The molecule has 3 heterocycles. The molecule has 0 saturated carbocycles. The molecule has 1 aliphatic heterocycles. The maximum atomic E-state index is 11.9. The van der Waals surface area contributed by atoms with Crippen molar-refractivity contribution in [3.05, 3.63) is 77.4 Å². The lowest BCUT2D eigenvalue weighted by Crippen LogP contribution is -2.34. The van der Waals surface area contributed by atoms with E-state index in [2.05, 4.69) is 27.0 Å². The molecule has 1 saturated heterocycles. The monoisotopic (exact) mass is 474 g/mol. The van der Waals surface area contributed by atoms with E-state index < -0.39 is 5.97 Å². The van der Waals surface area contributed by atoms with Crippen LogP contribution in [0.1, 0.15) is 40.4 Å². The van der Waals surface area contributed by atoms with E-state index in [1.165, 1.54) is 4.70 Å². The van der Waals surface area contributed by atoms with Crippen molar-refractivity contribution in [1.29, 1.82) is 0 Å². The lowest BCUT2D eigenvalue weighted by molar-refractivity contribution is 0.0683. The van der Waals surface area contributed by atoms with Crippen molar-refractivity contribution in [2.75, 3.05) is 18.0 Å². The summed E-state index contributed by atoms with van der Waals surface area (Å²) < 4.78 is 7.04. The average Bonchev–Trinajstić information content (AvgIpc) is 3.28. The number of aromatic nitrogens is 3. The highest BCUT2D eigenvalue weighted by Crippen LogP contribution is 2.32. The van der Waals surface area contributed by atoms with Gasteiger partial charge in [0.15, 0.2) is 16.6 Å². The number of thiazole rings is 1. The zero-order valence-electron chi connectivity index (χ0n) is 19.0. The van der Waals surface area contributed by atoms with Crippen LogP contribution in [0.4, 0.5) is 5.13 Å². The van der Waals surface area contributed by atoms with Crippen LogP contribution in [0.15, 0.2) is 54.6 Å². The Balaban J connectivity index is 1.25. The molecule has 0 bridgehead atoms. The Morgan fingerprint density at radius 1 is 1.06 bits per heavy atom. The van der Waals surface area contributed by atoms with Gasteiger partial charge in [0.1, 0.15) is 12.4 Å². The zero-order chi connectivity index (χ0) is 23.5. The predicted molar refractivity (Wildman–Crippen MR) is 133 cm³/mol. The van der Waals surface area contributed by atoms with Gasteiger partial charge in [-0.25, -0.2) is 19.7 Å². The minimum atomic E-state index is -1.10. The van der Waals surface area contributed by atoms with E-state index in [9.17, 15) is 9.90 Å². The lowest BCUT2D eigenvalue weighted by Gasteiger charge is -2.31. The third kappa shape index (κ3) is 4.87. The van der Waals surface area contributed by atoms with E-state index in [0.717, 1.165) is 42.1 Å². The second-order valence-corrected chi connectivity index (χ2v) is 9.59. The standard InChI is InChI=1S/C26H26N4O3S/c1-17-24(33-16-19-7-3-2-4-8-19)23(25(31)32)29-22(27-17)15-18-11-13-30(14-12-18)26-28-20-9-5-6-10-21(20)34-26/h2-10,18H,11-16H2,1H3,(H,31,32). The van der Waals surface area contributed by atoms with Crippen LogP contribution in [-0.4, -0.2) is 39.1 Å². The number of ether oxygens (including phenoxy) is 1. The Morgan fingerprint density at radius 2 is 1.79 bits per heavy atom.